The number of nitriles is 1. The number of nitrogens with zero attached hydrogens (tertiary/aromatic N) is 3. The molecule has 0 bridgehead atoms. The van der Waals surface area contributed by atoms with Crippen LogP contribution in [0.5, 0.6) is 5.75 Å². The summed E-state index contributed by atoms with van der Waals surface area (Å²) in [5.74, 6) is -0.329. The number of fused-ring (bicyclic) bond motifs is 2. The van der Waals surface area contributed by atoms with Crippen molar-refractivity contribution >= 4 is 45.6 Å². The molecule has 4 rings (SSSR count). The first-order valence-electron chi connectivity index (χ1n) is 9.00. The van der Waals surface area contributed by atoms with Crippen LogP contribution in [0.2, 0.25) is 10.0 Å². The monoisotopic (exact) mass is 439 g/mol. The van der Waals surface area contributed by atoms with E-state index in [1.165, 1.54) is 0 Å². The van der Waals surface area contributed by atoms with E-state index in [2.05, 4.69) is 11.1 Å². The molecule has 0 fully saturated rings. The van der Waals surface area contributed by atoms with E-state index in [-0.39, 0.29) is 24.0 Å². The van der Waals surface area contributed by atoms with Crippen LogP contribution in [0.3, 0.4) is 0 Å². The summed E-state index contributed by atoms with van der Waals surface area (Å²) < 4.78 is 12.7. The molecule has 150 valence electrons. The van der Waals surface area contributed by atoms with Crippen LogP contribution in [-0.2, 0) is 16.1 Å². The third-order valence-corrected chi connectivity index (χ3v) is 5.17. The van der Waals surface area contributed by atoms with Crippen molar-refractivity contribution < 1.29 is 14.3 Å². The van der Waals surface area contributed by atoms with Crippen LogP contribution in [-0.4, -0.2) is 22.0 Å². The van der Waals surface area contributed by atoms with Gasteiger partial charge < -0.3 is 13.9 Å². The van der Waals surface area contributed by atoms with E-state index in [4.69, 9.17) is 32.7 Å². The van der Waals surface area contributed by atoms with E-state index < -0.39 is 5.97 Å². The van der Waals surface area contributed by atoms with Gasteiger partial charge >= 0.3 is 5.97 Å². The van der Waals surface area contributed by atoms with Crippen molar-refractivity contribution in [3.05, 3.63) is 75.7 Å². The Bertz CT molecular complexity index is 1320. The normalized spacial score (nSPS) is 10.9. The van der Waals surface area contributed by atoms with Crippen molar-refractivity contribution in [2.45, 2.75) is 13.5 Å². The third kappa shape index (κ3) is 3.78. The first kappa shape index (κ1) is 20.0. The molecule has 8 heteroatoms. The van der Waals surface area contributed by atoms with Crippen LogP contribution < -0.4 is 4.74 Å². The molecule has 0 saturated carbocycles. The van der Waals surface area contributed by atoms with Crippen molar-refractivity contribution in [2.24, 2.45) is 0 Å². The van der Waals surface area contributed by atoms with Crippen molar-refractivity contribution in [2.75, 3.05) is 6.61 Å². The molecule has 0 spiro atoms. The standard InChI is InChI=1S/C22H15Cl2N3O3/c1-13-5-6-15-17(23)8-18(24)22(21(15)26-13)30-12-20(28)29-11-14-10-27-7-3-2-4-19(27)16(14)9-25/h2-8,10H,11-12H2,1H3. The second-order valence-corrected chi connectivity index (χ2v) is 7.42. The lowest BCUT2D eigenvalue weighted by Gasteiger charge is -2.12. The zero-order chi connectivity index (χ0) is 21.3. The fourth-order valence-corrected chi connectivity index (χ4v) is 3.75. The van der Waals surface area contributed by atoms with E-state index in [9.17, 15) is 10.1 Å². The lowest BCUT2D eigenvalue weighted by molar-refractivity contribution is -0.147. The molecular formula is C22H15Cl2N3O3. The Labute approximate surface area is 182 Å². The van der Waals surface area contributed by atoms with Crippen LogP contribution >= 0.6 is 23.2 Å². The summed E-state index contributed by atoms with van der Waals surface area (Å²) in [4.78, 5) is 16.7. The molecule has 0 aliphatic rings. The van der Waals surface area contributed by atoms with Crippen molar-refractivity contribution in [3.63, 3.8) is 0 Å². The van der Waals surface area contributed by atoms with Gasteiger partial charge in [-0.1, -0.05) is 29.3 Å². The molecule has 0 atom stereocenters. The molecule has 0 N–H and O–H groups in total. The van der Waals surface area contributed by atoms with Gasteiger partial charge in [0, 0.05) is 29.0 Å². The minimum Gasteiger partial charge on any atom is -0.478 e. The SMILES string of the molecule is Cc1ccc2c(Cl)cc(Cl)c(OCC(=O)OCc3cn4ccccc4c3C#N)c2n1. The molecule has 3 heterocycles. The number of rotatable bonds is 5. The Kier molecular flexibility index (Phi) is 5.49. The highest BCUT2D eigenvalue weighted by atomic mass is 35.5. The van der Waals surface area contributed by atoms with Gasteiger partial charge in [0.2, 0.25) is 0 Å². The van der Waals surface area contributed by atoms with E-state index in [0.717, 1.165) is 11.2 Å². The molecule has 0 aliphatic heterocycles. The van der Waals surface area contributed by atoms with Crippen LogP contribution in [0.15, 0.2) is 48.8 Å². The Morgan fingerprint density at radius 2 is 2.07 bits per heavy atom. The Balaban J connectivity index is 1.49. The lowest BCUT2D eigenvalue weighted by Crippen LogP contribution is -2.15. The summed E-state index contributed by atoms with van der Waals surface area (Å²) in [6.45, 7) is 1.43. The number of pyridine rings is 2. The zero-order valence-corrected chi connectivity index (χ0v) is 17.4. The van der Waals surface area contributed by atoms with E-state index in [1.54, 1.807) is 12.3 Å². The van der Waals surface area contributed by atoms with Gasteiger partial charge in [0.1, 0.15) is 18.2 Å². The first-order chi connectivity index (χ1) is 14.5. The van der Waals surface area contributed by atoms with E-state index in [1.807, 2.05) is 47.9 Å². The van der Waals surface area contributed by atoms with Crippen LogP contribution in [0.25, 0.3) is 16.4 Å². The highest BCUT2D eigenvalue weighted by molar-refractivity contribution is 6.39. The zero-order valence-electron chi connectivity index (χ0n) is 15.9. The maximum Gasteiger partial charge on any atom is 0.344 e. The number of aryl methyl sites for hydroxylation is 1. The summed E-state index contributed by atoms with van der Waals surface area (Å²) in [7, 11) is 0. The largest absolute Gasteiger partial charge is 0.478 e. The number of carbonyl (C=O) groups excluding carboxylic acids is 1. The van der Waals surface area contributed by atoms with Gasteiger partial charge in [-0.2, -0.15) is 5.26 Å². The van der Waals surface area contributed by atoms with Crippen molar-refractivity contribution in [1.82, 2.24) is 9.38 Å². The minimum atomic E-state index is -0.596. The van der Waals surface area contributed by atoms with Gasteiger partial charge in [-0.05, 0) is 37.3 Å². The number of ether oxygens (including phenoxy) is 2. The van der Waals surface area contributed by atoms with Crippen LogP contribution in [0.1, 0.15) is 16.8 Å². The molecule has 0 unspecified atom stereocenters. The van der Waals surface area contributed by atoms with Crippen LogP contribution in [0, 0.1) is 18.3 Å². The smallest absolute Gasteiger partial charge is 0.344 e. The molecule has 4 aromatic rings. The molecule has 3 aromatic heterocycles. The van der Waals surface area contributed by atoms with E-state index in [0.29, 0.717) is 27.1 Å². The molecule has 1 aromatic carbocycles. The molecular weight excluding hydrogens is 425 g/mol. The summed E-state index contributed by atoms with van der Waals surface area (Å²) in [6.07, 6.45) is 3.59. The Hall–Kier alpha value is -3.27. The van der Waals surface area contributed by atoms with E-state index >= 15 is 0 Å². The summed E-state index contributed by atoms with van der Waals surface area (Å²) in [5.41, 5.74) is 3.08. The quantitative estimate of drug-likeness (QED) is 0.404. The van der Waals surface area contributed by atoms with Crippen molar-refractivity contribution in [1.29, 1.82) is 5.26 Å². The Morgan fingerprint density at radius 3 is 2.87 bits per heavy atom. The van der Waals surface area contributed by atoms with Crippen LogP contribution in [0.4, 0.5) is 0 Å². The van der Waals surface area contributed by atoms with Gasteiger partial charge in [0.15, 0.2) is 12.4 Å². The van der Waals surface area contributed by atoms with Crippen molar-refractivity contribution in [3.8, 4) is 11.8 Å². The molecule has 0 saturated heterocycles. The number of esters is 1. The van der Waals surface area contributed by atoms with Gasteiger partial charge in [0.25, 0.3) is 0 Å². The first-order valence-corrected chi connectivity index (χ1v) is 9.76. The highest BCUT2D eigenvalue weighted by Crippen LogP contribution is 2.37. The number of aromatic nitrogens is 2. The molecule has 0 aliphatic carbocycles. The maximum absolute atomic E-state index is 12.3. The molecule has 0 radical (unpaired) electrons. The van der Waals surface area contributed by atoms with Gasteiger partial charge in [0.05, 0.1) is 21.1 Å². The summed E-state index contributed by atoms with van der Waals surface area (Å²) in [6, 6.07) is 12.9. The average molecular weight is 440 g/mol. The number of hydrogen-bond donors (Lipinski definition) is 0. The molecule has 30 heavy (non-hydrogen) atoms. The number of benzene rings is 1. The second kappa shape index (κ2) is 8.23. The minimum absolute atomic E-state index is 0.0424. The Morgan fingerprint density at radius 1 is 1.23 bits per heavy atom. The van der Waals surface area contributed by atoms with Gasteiger partial charge in [-0.25, -0.2) is 9.78 Å². The second-order valence-electron chi connectivity index (χ2n) is 6.60. The molecule has 6 nitrogen and oxygen atoms in total. The summed E-state index contributed by atoms with van der Waals surface area (Å²) >= 11 is 12.5. The van der Waals surface area contributed by atoms with Gasteiger partial charge in [-0.15, -0.1) is 0 Å². The van der Waals surface area contributed by atoms with Gasteiger partial charge in [-0.3, -0.25) is 0 Å². The lowest BCUT2D eigenvalue weighted by atomic mass is 10.2. The number of halogens is 2. The predicted octanol–water partition coefficient (Wildman–Crippen LogP) is 5.10. The maximum atomic E-state index is 12.3. The number of carbonyl (C=O) groups is 1. The average Bonchev–Trinajstić information content (AvgIpc) is 3.09. The third-order valence-electron chi connectivity index (χ3n) is 4.57. The highest BCUT2D eigenvalue weighted by Gasteiger charge is 2.16. The topological polar surface area (TPSA) is 76.6 Å². The number of hydrogen-bond acceptors (Lipinski definition) is 5. The fourth-order valence-electron chi connectivity index (χ4n) is 3.17. The summed E-state index contributed by atoms with van der Waals surface area (Å²) in [5, 5.41) is 10.8. The fraction of sp³-hybridized carbons (Fsp3) is 0.136. The predicted molar refractivity (Wildman–Crippen MR) is 114 cm³/mol. The molecule has 0 amide bonds.